The lowest BCUT2D eigenvalue weighted by atomic mass is 9.68. The van der Waals surface area contributed by atoms with Crippen LogP contribution in [0.1, 0.15) is 19.3 Å². The SMILES string of the molecule is NCC1(C(=O)NCCSC(F)(F)F)CCC1. The summed E-state index contributed by atoms with van der Waals surface area (Å²) in [4.78, 5) is 11.6. The molecule has 0 atom stereocenters. The number of thioether (sulfide) groups is 1. The highest BCUT2D eigenvalue weighted by atomic mass is 32.2. The molecule has 3 nitrogen and oxygen atoms in total. The summed E-state index contributed by atoms with van der Waals surface area (Å²) in [6, 6.07) is 0. The van der Waals surface area contributed by atoms with Gasteiger partial charge in [0.2, 0.25) is 5.91 Å². The molecule has 0 aliphatic heterocycles. The fraction of sp³-hybridized carbons (Fsp3) is 0.889. The Labute approximate surface area is 96.3 Å². The Morgan fingerprint density at radius 2 is 2.06 bits per heavy atom. The molecule has 1 fully saturated rings. The minimum Gasteiger partial charge on any atom is -0.355 e. The lowest BCUT2D eigenvalue weighted by Crippen LogP contribution is -2.50. The number of hydrogen-bond acceptors (Lipinski definition) is 3. The number of hydrogen-bond donors (Lipinski definition) is 2. The maximum Gasteiger partial charge on any atom is 0.441 e. The number of amides is 1. The van der Waals surface area contributed by atoms with Gasteiger partial charge in [-0.3, -0.25) is 4.79 Å². The van der Waals surface area contributed by atoms with E-state index in [-0.39, 0.29) is 36.5 Å². The molecule has 16 heavy (non-hydrogen) atoms. The molecule has 0 aromatic heterocycles. The van der Waals surface area contributed by atoms with Crippen molar-refractivity contribution in [2.75, 3.05) is 18.8 Å². The van der Waals surface area contributed by atoms with Crippen molar-refractivity contribution < 1.29 is 18.0 Å². The fourth-order valence-corrected chi connectivity index (χ4v) is 2.08. The second-order valence-electron chi connectivity index (χ2n) is 3.89. The second-order valence-corrected chi connectivity index (χ2v) is 5.05. The highest BCUT2D eigenvalue weighted by Crippen LogP contribution is 2.40. The van der Waals surface area contributed by atoms with Crippen LogP contribution >= 0.6 is 11.8 Å². The normalized spacial score (nSPS) is 19.0. The van der Waals surface area contributed by atoms with Gasteiger partial charge in [0.15, 0.2) is 0 Å². The molecule has 94 valence electrons. The number of nitrogens with two attached hydrogens (primary N) is 1. The Bertz CT molecular complexity index is 248. The number of nitrogens with one attached hydrogen (secondary N) is 1. The van der Waals surface area contributed by atoms with Crippen LogP contribution in [-0.4, -0.2) is 30.3 Å². The second kappa shape index (κ2) is 5.27. The quantitative estimate of drug-likeness (QED) is 0.733. The van der Waals surface area contributed by atoms with Crippen LogP contribution in [0.15, 0.2) is 0 Å². The van der Waals surface area contributed by atoms with E-state index < -0.39 is 10.9 Å². The molecule has 1 saturated carbocycles. The standard InChI is InChI=1S/C9H15F3N2OS/c10-9(11,12)16-5-4-14-7(15)8(6-13)2-1-3-8/h1-6,13H2,(H,14,15). The summed E-state index contributed by atoms with van der Waals surface area (Å²) >= 11 is -0.127. The molecule has 0 spiro atoms. The third-order valence-corrected chi connectivity index (χ3v) is 3.57. The highest BCUT2D eigenvalue weighted by molar-refractivity contribution is 8.00. The van der Waals surface area contributed by atoms with Crippen LogP contribution < -0.4 is 11.1 Å². The van der Waals surface area contributed by atoms with Gasteiger partial charge in [-0.05, 0) is 24.6 Å². The lowest BCUT2D eigenvalue weighted by molar-refractivity contribution is -0.135. The molecular formula is C9H15F3N2OS. The van der Waals surface area contributed by atoms with Crippen LogP contribution in [0.3, 0.4) is 0 Å². The van der Waals surface area contributed by atoms with E-state index in [1.165, 1.54) is 0 Å². The third-order valence-electron chi connectivity index (χ3n) is 2.84. The van der Waals surface area contributed by atoms with Crippen molar-refractivity contribution in [2.45, 2.75) is 24.8 Å². The summed E-state index contributed by atoms with van der Waals surface area (Å²) < 4.78 is 35.4. The van der Waals surface area contributed by atoms with Gasteiger partial charge in [0.05, 0.1) is 5.41 Å². The lowest BCUT2D eigenvalue weighted by Gasteiger charge is -2.39. The molecule has 0 heterocycles. The van der Waals surface area contributed by atoms with Crippen molar-refractivity contribution in [2.24, 2.45) is 11.1 Å². The van der Waals surface area contributed by atoms with E-state index in [1.807, 2.05) is 0 Å². The summed E-state index contributed by atoms with van der Waals surface area (Å²) in [7, 11) is 0. The molecule has 0 bridgehead atoms. The molecule has 7 heteroatoms. The monoisotopic (exact) mass is 256 g/mol. The average molecular weight is 256 g/mol. The molecule has 1 amide bonds. The Morgan fingerprint density at radius 3 is 2.44 bits per heavy atom. The van der Waals surface area contributed by atoms with E-state index in [0.29, 0.717) is 0 Å². The van der Waals surface area contributed by atoms with Crippen molar-refractivity contribution in [3.05, 3.63) is 0 Å². The molecule has 1 aliphatic rings. The Morgan fingerprint density at radius 1 is 1.44 bits per heavy atom. The molecule has 1 rings (SSSR count). The summed E-state index contributed by atoms with van der Waals surface area (Å²) in [5, 5.41) is 2.51. The summed E-state index contributed by atoms with van der Waals surface area (Å²) in [6.45, 7) is 0.302. The van der Waals surface area contributed by atoms with Crippen molar-refractivity contribution in [1.29, 1.82) is 0 Å². The molecular weight excluding hydrogens is 241 g/mol. The van der Waals surface area contributed by atoms with Crippen LogP contribution in [0.4, 0.5) is 13.2 Å². The third kappa shape index (κ3) is 3.55. The highest BCUT2D eigenvalue weighted by Gasteiger charge is 2.42. The first-order valence-electron chi connectivity index (χ1n) is 5.09. The zero-order valence-corrected chi connectivity index (χ0v) is 9.59. The van der Waals surface area contributed by atoms with Crippen molar-refractivity contribution >= 4 is 17.7 Å². The number of halogens is 3. The molecule has 1 aliphatic carbocycles. The van der Waals surface area contributed by atoms with Gasteiger partial charge in [0, 0.05) is 18.8 Å². The minimum atomic E-state index is -4.23. The summed E-state index contributed by atoms with van der Waals surface area (Å²) in [6.07, 6.45) is 2.44. The predicted octanol–water partition coefficient (Wildman–Crippen LogP) is 1.48. The van der Waals surface area contributed by atoms with Crippen LogP contribution in [0, 0.1) is 5.41 Å². The van der Waals surface area contributed by atoms with E-state index in [0.717, 1.165) is 19.3 Å². The zero-order valence-electron chi connectivity index (χ0n) is 8.77. The average Bonchev–Trinajstić information content (AvgIpc) is 2.10. The van der Waals surface area contributed by atoms with Gasteiger partial charge in [-0.15, -0.1) is 0 Å². The van der Waals surface area contributed by atoms with Gasteiger partial charge < -0.3 is 11.1 Å². The van der Waals surface area contributed by atoms with Crippen LogP contribution in [-0.2, 0) is 4.79 Å². The first-order valence-corrected chi connectivity index (χ1v) is 6.07. The van der Waals surface area contributed by atoms with Gasteiger partial charge >= 0.3 is 5.51 Å². The minimum absolute atomic E-state index is 0.0325. The van der Waals surface area contributed by atoms with Crippen molar-refractivity contribution in [3.63, 3.8) is 0 Å². The van der Waals surface area contributed by atoms with Gasteiger partial charge in [0.25, 0.3) is 0 Å². The van der Waals surface area contributed by atoms with Gasteiger partial charge in [-0.25, -0.2) is 0 Å². The molecule has 0 aromatic carbocycles. The van der Waals surface area contributed by atoms with Crippen molar-refractivity contribution in [1.82, 2.24) is 5.32 Å². The number of rotatable bonds is 5. The van der Waals surface area contributed by atoms with Gasteiger partial charge in [-0.1, -0.05) is 6.42 Å². The Hall–Kier alpha value is -0.430. The topological polar surface area (TPSA) is 55.1 Å². The molecule has 0 radical (unpaired) electrons. The van der Waals surface area contributed by atoms with Crippen LogP contribution in [0.2, 0.25) is 0 Å². The molecule has 0 saturated heterocycles. The Balaban J connectivity index is 2.20. The molecule has 3 N–H and O–H groups in total. The maximum absolute atomic E-state index is 11.8. The van der Waals surface area contributed by atoms with E-state index in [4.69, 9.17) is 5.73 Å². The van der Waals surface area contributed by atoms with Crippen molar-refractivity contribution in [3.8, 4) is 0 Å². The molecule has 0 unspecified atom stereocenters. The zero-order chi connectivity index (χ0) is 12.2. The smallest absolute Gasteiger partial charge is 0.355 e. The number of alkyl halides is 3. The van der Waals surface area contributed by atoms with E-state index in [2.05, 4.69) is 5.32 Å². The predicted molar refractivity (Wildman–Crippen MR) is 56.9 cm³/mol. The van der Waals surface area contributed by atoms with Crippen LogP contribution in [0.25, 0.3) is 0 Å². The summed E-state index contributed by atoms with van der Waals surface area (Å²) in [5.41, 5.74) is 0.757. The Kier molecular flexibility index (Phi) is 4.49. The maximum atomic E-state index is 11.8. The molecule has 0 aromatic rings. The fourth-order valence-electron chi connectivity index (χ4n) is 1.65. The van der Waals surface area contributed by atoms with Gasteiger partial charge in [0.1, 0.15) is 0 Å². The number of carbonyl (C=O) groups excluding carboxylic acids is 1. The van der Waals surface area contributed by atoms with Crippen LogP contribution in [0.5, 0.6) is 0 Å². The largest absolute Gasteiger partial charge is 0.441 e. The van der Waals surface area contributed by atoms with Gasteiger partial charge in [-0.2, -0.15) is 13.2 Å². The van der Waals surface area contributed by atoms with E-state index in [1.54, 1.807) is 0 Å². The number of carbonyl (C=O) groups is 1. The van der Waals surface area contributed by atoms with E-state index in [9.17, 15) is 18.0 Å². The first-order chi connectivity index (χ1) is 7.40. The summed E-state index contributed by atoms with van der Waals surface area (Å²) in [5.74, 6) is -0.361. The van der Waals surface area contributed by atoms with E-state index >= 15 is 0 Å². The first kappa shape index (κ1) is 13.6.